The third-order valence-electron chi connectivity index (χ3n) is 16.9. The fraction of sp³-hybridized carbons (Fsp3) is 0.0263. The van der Waals surface area contributed by atoms with Gasteiger partial charge >= 0.3 is 0 Å². The van der Waals surface area contributed by atoms with E-state index in [1.807, 2.05) is 122 Å². The molecule has 1 aliphatic rings. The summed E-state index contributed by atoms with van der Waals surface area (Å²) in [5.41, 5.74) is 21.7. The molecule has 16 aromatic rings. The zero-order valence-corrected chi connectivity index (χ0v) is 47.5. The topological polar surface area (TPSA) is 113 Å². The van der Waals surface area contributed by atoms with Gasteiger partial charge in [-0.2, -0.15) is 0 Å². The number of benzene rings is 5. The van der Waals surface area contributed by atoms with Crippen LogP contribution in [0.4, 0.5) is 0 Å². The highest BCUT2D eigenvalue weighted by Gasteiger charge is 2.29. The summed E-state index contributed by atoms with van der Waals surface area (Å²) in [6, 6.07) is 74.4. The van der Waals surface area contributed by atoms with Crippen LogP contribution < -0.4 is 0 Å². The Bertz CT molecular complexity index is 5050. The number of fused-ring (bicyclic) bond motifs is 9. The average Bonchev–Trinajstić information content (AvgIpc) is 1.65. The zero-order valence-electron chi connectivity index (χ0n) is 46.6. The van der Waals surface area contributed by atoms with E-state index in [0.717, 1.165) is 146 Å². The standard InChI is InChI=1S/C76H48N10S/c1-9-29-77-63(17-1)49-39-57-58-40-50(64-18-2-10-30-78-64)54(68-22-6-14-34-82-68)44-72(58)85(71(57)43-53(49)67-21-5-13-33-81-67)47-25-27-75-61(37-47)62-38-48(26-28-76(62)87-75)86-73-45-55(69-23-7-15-35-83-69)51(65-19-3-11-31-79-65)41-59(73)60-42-52(66-20-4-12-32-80-66)56(46-74(60)86)70-24-8-16-36-84-70/h1-37,39-46,48H,38H2. The van der Waals surface area contributed by atoms with E-state index in [0.29, 0.717) is 0 Å². The quantitative estimate of drug-likeness (QED) is 0.133. The summed E-state index contributed by atoms with van der Waals surface area (Å²) >= 11 is 1.85. The highest BCUT2D eigenvalue weighted by atomic mass is 32.1. The van der Waals surface area contributed by atoms with Crippen LogP contribution in [-0.4, -0.2) is 49.0 Å². The summed E-state index contributed by atoms with van der Waals surface area (Å²) in [5.74, 6) is 0. The van der Waals surface area contributed by atoms with Crippen LogP contribution in [0.5, 0.6) is 0 Å². The minimum absolute atomic E-state index is 0.0846. The summed E-state index contributed by atoms with van der Waals surface area (Å²) in [5, 5.41) is 5.63. The monoisotopic (exact) mass is 1130 g/mol. The van der Waals surface area contributed by atoms with E-state index in [4.69, 9.17) is 39.9 Å². The fourth-order valence-corrected chi connectivity index (χ4v) is 14.2. The van der Waals surface area contributed by atoms with Crippen molar-refractivity contribution in [1.82, 2.24) is 49.0 Å². The lowest BCUT2D eigenvalue weighted by Crippen LogP contribution is -2.12. The van der Waals surface area contributed by atoms with E-state index in [2.05, 4.69) is 173 Å². The summed E-state index contributed by atoms with van der Waals surface area (Å²) < 4.78 is 6.23. The van der Waals surface area contributed by atoms with Gasteiger partial charge in [0.25, 0.3) is 0 Å². The van der Waals surface area contributed by atoms with Crippen molar-refractivity contribution in [2.75, 3.05) is 0 Å². The van der Waals surface area contributed by atoms with Crippen LogP contribution in [0.25, 0.3) is 156 Å². The Labute approximate surface area is 503 Å². The summed E-state index contributed by atoms with van der Waals surface area (Å²) in [6.45, 7) is 0. The van der Waals surface area contributed by atoms with Crippen LogP contribution in [-0.2, 0) is 6.42 Å². The number of hydrogen-bond acceptors (Lipinski definition) is 9. The first kappa shape index (κ1) is 50.1. The summed E-state index contributed by atoms with van der Waals surface area (Å²) in [6.07, 6.45) is 20.4. The van der Waals surface area contributed by atoms with Gasteiger partial charge in [0.05, 0.1) is 73.7 Å². The highest BCUT2D eigenvalue weighted by molar-refractivity contribution is 7.20. The molecule has 1 atom stereocenters. The van der Waals surface area contributed by atoms with Crippen molar-refractivity contribution in [2.45, 2.75) is 12.5 Å². The van der Waals surface area contributed by atoms with Crippen molar-refractivity contribution in [3.8, 4) is 95.7 Å². The molecule has 1 unspecified atom stereocenters. The number of pyridine rings is 8. The van der Waals surface area contributed by atoms with Gasteiger partial charge < -0.3 is 9.13 Å². The number of rotatable bonds is 10. The van der Waals surface area contributed by atoms with Crippen molar-refractivity contribution in [2.24, 2.45) is 0 Å². The average molecular weight is 1130 g/mol. The van der Waals surface area contributed by atoms with Gasteiger partial charge in [0.2, 0.25) is 0 Å². The summed E-state index contributed by atoms with van der Waals surface area (Å²) in [4.78, 5) is 40.8. The maximum atomic E-state index is 4.97. The second kappa shape index (κ2) is 20.7. The van der Waals surface area contributed by atoms with Gasteiger partial charge in [0.15, 0.2) is 0 Å². The van der Waals surface area contributed by atoms with Crippen LogP contribution in [0, 0.1) is 0 Å². The van der Waals surface area contributed by atoms with Crippen LogP contribution in [0.3, 0.4) is 0 Å². The third-order valence-corrected chi connectivity index (χ3v) is 18.1. The second-order valence-corrected chi connectivity index (χ2v) is 22.9. The van der Waals surface area contributed by atoms with Crippen molar-refractivity contribution >= 4 is 71.1 Å². The molecule has 5 aromatic carbocycles. The Kier molecular flexibility index (Phi) is 12.0. The molecular weight excluding hydrogens is 1080 g/mol. The molecular formula is C76H48N10S. The number of nitrogens with zero attached hydrogens (tertiary/aromatic N) is 10. The smallest absolute Gasteiger partial charge is 0.0709 e. The van der Waals surface area contributed by atoms with Crippen LogP contribution in [0.2, 0.25) is 0 Å². The van der Waals surface area contributed by atoms with Crippen molar-refractivity contribution in [3.05, 3.63) is 278 Å². The molecule has 408 valence electrons. The Morgan fingerprint density at radius 2 is 0.621 bits per heavy atom. The minimum atomic E-state index is -0.0846. The molecule has 0 fully saturated rings. The van der Waals surface area contributed by atoms with Gasteiger partial charge in [0.1, 0.15) is 0 Å². The van der Waals surface area contributed by atoms with Gasteiger partial charge in [-0.1, -0.05) is 54.6 Å². The predicted octanol–water partition coefficient (Wildman–Crippen LogP) is 18.4. The zero-order chi connectivity index (χ0) is 57.4. The van der Waals surface area contributed by atoms with E-state index in [1.54, 1.807) is 0 Å². The summed E-state index contributed by atoms with van der Waals surface area (Å²) in [7, 11) is 0. The molecule has 0 amide bonds. The first-order valence-electron chi connectivity index (χ1n) is 29.0. The van der Waals surface area contributed by atoms with E-state index in [1.165, 1.54) is 20.5 Å². The lowest BCUT2D eigenvalue weighted by molar-refractivity contribution is 0.640. The maximum absolute atomic E-state index is 4.97. The first-order valence-corrected chi connectivity index (χ1v) is 29.8. The number of thiophene rings is 1. The molecule has 1 aliphatic carbocycles. The van der Waals surface area contributed by atoms with Crippen LogP contribution >= 0.6 is 11.3 Å². The predicted molar refractivity (Wildman–Crippen MR) is 353 cm³/mol. The molecule has 0 saturated carbocycles. The molecule has 0 bridgehead atoms. The molecule has 0 N–H and O–H groups in total. The van der Waals surface area contributed by atoms with Gasteiger partial charge in [0, 0.05) is 131 Å². The Hall–Kier alpha value is -11.4. The molecule has 11 aromatic heterocycles. The second-order valence-electron chi connectivity index (χ2n) is 21.8. The molecule has 0 saturated heterocycles. The van der Waals surface area contributed by atoms with E-state index in [-0.39, 0.29) is 6.04 Å². The molecule has 0 radical (unpaired) electrons. The molecule has 87 heavy (non-hydrogen) atoms. The van der Waals surface area contributed by atoms with Gasteiger partial charge in [-0.15, -0.1) is 11.3 Å². The number of allylic oxidation sites excluding steroid dienone is 1. The third kappa shape index (κ3) is 8.54. The molecule has 0 spiro atoms. The number of hydrogen-bond donors (Lipinski definition) is 0. The minimum Gasteiger partial charge on any atom is -0.333 e. The Balaban J connectivity index is 0.902. The molecule has 17 rings (SSSR count). The van der Waals surface area contributed by atoms with Crippen molar-refractivity contribution in [1.29, 1.82) is 0 Å². The van der Waals surface area contributed by atoms with Gasteiger partial charge in [-0.3, -0.25) is 39.9 Å². The lowest BCUT2D eigenvalue weighted by atomic mass is 9.95. The van der Waals surface area contributed by atoms with Crippen molar-refractivity contribution in [3.63, 3.8) is 0 Å². The fourth-order valence-electron chi connectivity index (χ4n) is 13.0. The molecule has 11 heteroatoms. The largest absolute Gasteiger partial charge is 0.333 e. The van der Waals surface area contributed by atoms with Gasteiger partial charge in [-0.25, -0.2) is 0 Å². The Morgan fingerprint density at radius 3 is 0.943 bits per heavy atom. The van der Waals surface area contributed by atoms with Gasteiger partial charge in [-0.05, 0) is 187 Å². The van der Waals surface area contributed by atoms with Crippen LogP contribution in [0.15, 0.2) is 268 Å². The van der Waals surface area contributed by atoms with Crippen molar-refractivity contribution < 1.29 is 0 Å². The number of aromatic nitrogens is 10. The SMILES string of the molecule is C1=CC(n2c3cc(-c4ccccn4)c(-c4ccccn4)cc3c3cc(-c4ccccn4)c(-c4ccccn4)cc32)Cc2c1sc1ccc(-n3c4cc(-c5ccccn5)c(-c5ccccn5)cc4c4cc(-c5ccccn5)c(-c5ccccn5)cc43)cc21. The van der Waals surface area contributed by atoms with E-state index in [9.17, 15) is 0 Å². The lowest BCUT2D eigenvalue weighted by Gasteiger charge is -2.23. The first-order chi connectivity index (χ1) is 43.1. The van der Waals surface area contributed by atoms with E-state index < -0.39 is 0 Å². The highest BCUT2D eigenvalue weighted by Crippen LogP contribution is 2.49. The Morgan fingerprint density at radius 1 is 0.310 bits per heavy atom. The van der Waals surface area contributed by atoms with E-state index >= 15 is 0 Å². The molecule has 10 nitrogen and oxygen atoms in total. The molecule has 0 aliphatic heterocycles. The maximum Gasteiger partial charge on any atom is 0.0709 e. The molecule has 11 heterocycles. The normalized spacial score (nSPS) is 13.1. The van der Waals surface area contributed by atoms with Crippen LogP contribution in [0.1, 0.15) is 16.5 Å².